The number of carbonyl (C=O) groups is 1. The van der Waals surface area contributed by atoms with Crippen LogP contribution in [0.5, 0.6) is 0 Å². The van der Waals surface area contributed by atoms with Crippen molar-refractivity contribution in [2.24, 2.45) is 5.73 Å². The molecule has 0 atom stereocenters. The van der Waals surface area contributed by atoms with Crippen molar-refractivity contribution in [3.63, 3.8) is 0 Å². The van der Waals surface area contributed by atoms with Gasteiger partial charge in [0.25, 0.3) is 5.91 Å². The van der Waals surface area contributed by atoms with Crippen LogP contribution >= 0.6 is 11.3 Å². The fraction of sp³-hybridized carbons (Fsp3) is 0.188. The van der Waals surface area contributed by atoms with Crippen LogP contribution in [0.1, 0.15) is 26.4 Å². The number of carbonyl (C=O) groups excluding carboxylic acids is 1. The average Bonchev–Trinajstić information content (AvgIpc) is 2.85. The second kappa shape index (κ2) is 6.38. The molecular formula is C16H16N2OS. The molecular weight excluding hydrogens is 268 g/mol. The Morgan fingerprint density at radius 3 is 2.75 bits per heavy atom. The number of aryl methyl sites for hydroxylation is 2. The van der Waals surface area contributed by atoms with Gasteiger partial charge in [0, 0.05) is 11.3 Å². The Bertz CT molecular complexity index is 692. The first-order chi connectivity index (χ1) is 9.61. The molecule has 0 spiro atoms. The van der Waals surface area contributed by atoms with E-state index in [2.05, 4.69) is 17.2 Å². The van der Waals surface area contributed by atoms with Crippen molar-refractivity contribution >= 4 is 22.9 Å². The van der Waals surface area contributed by atoms with Crippen LogP contribution in [0, 0.1) is 25.7 Å². The monoisotopic (exact) mass is 284 g/mol. The molecule has 0 unspecified atom stereocenters. The summed E-state index contributed by atoms with van der Waals surface area (Å²) in [5, 5.41) is 4.82. The Morgan fingerprint density at radius 2 is 2.10 bits per heavy atom. The van der Waals surface area contributed by atoms with Gasteiger partial charge in [-0.1, -0.05) is 17.9 Å². The van der Waals surface area contributed by atoms with Gasteiger partial charge in [0.05, 0.1) is 11.4 Å². The maximum Gasteiger partial charge on any atom is 0.265 e. The van der Waals surface area contributed by atoms with Gasteiger partial charge in [-0.3, -0.25) is 4.79 Å². The van der Waals surface area contributed by atoms with Gasteiger partial charge in [0.1, 0.15) is 0 Å². The Kier molecular flexibility index (Phi) is 4.57. The van der Waals surface area contributed by atoms with E-state index in [4.69, 9.17) is 5.73 Å². The summed E-state index contributed by atoms with van der Waals surface area (Å²) in [4.78, 5) is 12.9. The molecule has 1 heterocycles. The smallest absolute Gasteiger partial charge is 0.265 e. The van der Waals surface area contributed by atoms with Gasteiger partial charge in [-0.2, -0.15) is 0 Å². The van der Waals surface area contributed by atoms with Gasteiger partial charge < -0.3 is 11.1 Å². The van der Waals surface area contributed by atoms with Gasteiger partial charge in [-0.15, -0.1) is 11.3 Å². The molecule has 0 fully saturated rings. The van der Waals surface area contributed by atoms with Crippen molar-refractivity contribution in [3.05, 3.63) is 51.2 Å². The van der Waals surface area contributed by atoms with Crippen LogP contribution in [-0.2, 0) is 0 Å². The number of nitrogens with one attached hydrogen (secondary N) is 1. The molecule has 0 saturated heterocycles. The molecule has 4 heteroatoms. The molecule has 0 bridgehead atoms. The number of thiophene rings is 1. The molecule has 2 rings (SSSR count). The van der Waals surface area contributed by atoms with Crippen LogP contribution in [0.4, 0.5) is 5.69 Å². The van der Waals surface area contributed by atoms with E-state index in [1.54, 1.807) is 0 Å². The zero-order valence-electron chi connectivity index (χ0n) is 11.5. The summed E-state index contributed by atoms with van der Waals surface area (Å²) in [6, 6.07) is 7.63. The van der Waals surface area contributed by atoms with Gasteiger partial charge in [0.2, 0.25) is 0 Å². The van der Waals surface area contributed by atoms with Crippen molar-refractivity contribution in [2.75, 3.05) is 11.9 Å². The lowest BCUT2D eigenvalue weighted by atomic mass is 10.1. The lowest BCUT2D eigenvalue weighted by Gasteiger charge is -2.07. The average molecular weight is 284 g/mol. The number of benzene rings is 1. The van der Waals surface area contributed by atoms with Gasteiger partial charge >= 0.3 is 0 Å². The first-order valence-electron chi connectivity index (χ1n) is 6.27. The van der Waals surface area contributed by atoms with Crippen LogP contribution in [0.15, 0.2) is 29.6 Å². The highest BCUT2D eigenvalue weighted by atomic mass is 32.1. The largest absolute Gasteiger partial charge is 0.321 e. The van der Waals surface area contributed by atoms with Crippen LogP contribution in [0.3, 0.4) is 0 Å². The van der Waals surface area contributed by atoms with Crippen molar-refractivity contribution in [1.29, 1.82) is 0 Å². The number of nitrogens with two attached hydrogens (primary N) is 1. The molecule has 2 aromatic rings. The van der Waals surface area contributed by atoms with Crippen LogP contribution < -0.4 is 11.1 Å². The Labute approximate surface area is 122 Å². The summed E-state index contributed by atoms with van der Waals surface area (Å²) in [5.74, 6) is 5.75. The standard InChI is InChI=1S/C16H16N2OS/c1-11-5-6-14(10-13(11)4-3-8-17)18-16(19)15-12(2)7-9-20-15/h5-7,9-10H,8,17H2,1-2H3,(H,18,19). The predicted octanol–water partition coefficient (Wildman–Crippen LogP) is 2.93. The van der Waals surface area contributed by atoms with E-state index >= 15 is 0 Å². The van der Waals surface area contributed by atoms with Gasteiger partial charge in [0.15, 0.2) is 0 Å². The number of anilines is 1. The van der Waals surface area contributed by atoms with Crippen molar-refractivity contribution in [2.45, 2.75) is 13.8 Å². The SMILES string of the molecule is Cc1ccc(NC(=O)c2sccc2C)cc1C#CCN. The van der Waals surface area contributed by atoms with E-state index in [1.165, 1.54) is 11.3 Å². The third-order valence-electron chi connectivity index (χ3n) is 2.89. The molecule has 102 valence electrons. The predicted molar refractivity (Wildman–Crippen MR) is 84.1 cm³/mol. The maximum absolute atomic E-state index is 12.1. The van der Waals surface area contributed by atoms with E-state index in [-0.39, 0.29) is 5.91 Å². The third kappa shape index (κ3) is 3.27. The van der Waals surface area contributed by atoms with Gasteiger partial charge in [-0.25, -0.2) is 0 Å². The molecule has 0 aliphatic carbocycles. The minimum atomic E-state index is -0.0842. The lowest BCUT2D eigenvalue weighted by Crippen LogP contribution is -2.11. The number of hydrogen-bond donors (Lipinski definition) is 2. The molecule has 20 heavy (non-hydrogen) atoms. The van der Waals surface area contributed by atoms with Crippen LogP contribution in [-0.4, -0.2) is 12.5 Å². The number of rotatable bonds is 2. The van der Waals surface area contributed by atoms with Crippen LogP contribution in [0.2, 0.25) is 0 Å². The summed E-state index contributed by atoms with van der Waals surface area (Å²) in [5.41, 5.74) is 9.07. The second-order valence-corrected chi connectivity index (χ2v) is 5.34. The first kappa shape index (κ1) is 14.3. The third-order valence-corrected chi connectivity index (χ3v) is 3.90. The second-order valence-electron chi connectivity index (χ2n) is 4.42. The lowest BCUT2D eigenvalue weighted by molar-refractivity contribution is 0.103. The Balaban J connectivity index is 2.22. The summed E-state index contributed by atoms with van der Waals surface area (Å²) in [6.45, 7) is 4.23. The van der Waals surface area contributed by atoms with Crippen molar-refractivity contribution < 1.29 is 4.79 Å². The zero-order valence-corrected chi connectivity index (χ0v) is 12.3. The summed E-state index contributed by atoms with van der Waals surface area (Å²) in [7, 11) is 0. The first-order valence-corrected chi connectivity index (χ1v) is 7.15. The minimum absolute atomic E-state index is 0.0842. The Hall–Kier alpha value is -2.09. The summed E-state index contributed by atoms with van der Waals surface area (Å²) < 4.78 is 0. The molecule has 0 saturated carbocycles. The van der Waals surface area contributed by atoms with E-state index in [1.807, 2.05) is 43.5 Å². The van der Waals surface area contributed by atoms with E-state index < -0.39 is 0 Å². The summed E-state index contributed by atoms with van der Waals surface area (Å²) >= 11 is 1.44. The number of hydrogen-bond acceptors (Lipinski definition) is 3. The summed E-state index contributed by atoms with van der Waals surface area (Å²) in [6.07, 6.45) is 0. The van der Waals surface area contributed by atoms with Crippen molar-refractivity contribution in [3.8, 4) is 11.8 Å². The highest BCUT2D eigenvalue weighted by Gasteiger charge is 2.10. The quantitative estimate of drug-likeness (QED) is 0.833. The highest BCUT2D eigenvalue weighted by molar-refractivity contribution is 7.12. The minimum Gasteiger partial charge on any atom is -0.321 e. The van der Waals surface area contributed by atoms with E-state index in [9.17, 15) is 4.79 Å². The molecule has 0 aliphatic rings. The molecule has 1 aromatic heterocycles. The Morgan fingerprint density at radius 1 is 1.30 bits per heavy atom. The van der Waals surface area contributed by atoms with Crippen LogP contribution in [0.25, 0.3) is 0 Å². The van der Waals surface area contributed by atoms with E-state index in [0.29, 0.717) is 6.54 Å². The van der Waals surface area contributed by atoms with Gasteiger partial charge in [-0.05, 0) is 48.6 Å². The molecule has 0 radical (unpaired) electrons. The molecule has 0 aliphatic heterocycles. The fourth-order valence-electron chi connectivity index (χ4n) is 1.77. The topological polar surface area (TPSA) is 55.1 Å². The maximum atomic E-state index is 12.1. The normalized spacial score (nSPS) is 9.75. The highest BCUT2D eigenvalue weighted by Crippen LogP contribution is 2.19. The number of amides is 1. The zero-order chi connectivity index (χ0) is 14.5. The molecule has 1 aromatic carbocycles. The molecule has 3 nitrogen and oxygen atoms in total. The van der Waals surface area contributed by atoms with Crippen molar-refractivity contribution in [1.82, 2.24) is 0 Å². The molecule has 3 N–H and O–H groups in total. The molecule has 1 amide bonds. The van der Waals surface area contributed by atoms with E-state index in [0.717, 1.165) is 27.3 Å². The fourth-order valence-corrected chi connectivity index (χ4v) is 2.59.